The van der Waals surface area contributed by atoms with Gasteiger partial charge in [0.05, 0.1) is 6.04 Å². The molecule has 0 bridgehead atoms. The SMILES string of the molecule is Cc1c(NC2CCc3cc(N)ccc32)cccc1C(N)=O. The number of fused-ring (bicyclic) bond motifs is 1. The second-order valence-electron chi connectivity index (χ2n) is 5.54. The minimum atomic E-state index is -0.393. The predicted octanol–water partition coefficient (Wildman–Crippen LogP) is 2.78. The summed E-state index contributed by atoms with van der Waals surface area (Å²) in [5.74, 6) is -0.393. The fourth-order valence-electron chi connectivity index (χ4n) is 3.03. The van der Waals surface area contributed by atoms with Crippen molar-refractivity contribution in [1.29, 1.82) is 0 Å². The highest BCUT2D eigenvalue weighted by Gasteiger charge is 2.23. The molecule has 2 aromatic carbocycles. The lowest BCUT2D eigenvalue weighted by atomic mass is 10.0. The molecule has 0 aliphatic heterocycles. The molecule has 1 aliphatic rings. The van der Waals surface area contributed by atoms with Gasteiger partial charge in [0.25, 0.3) is 0 Å². The average molecular weight is 281 g/mol. The number of aryl methyl sites for hydroxylation is 1. The van der Waals surface area contributed by atoms with E-state index in [0.717, 1.165) is 29.8 Å². The van der Waals surface area contributed by atoms with Crippen molar-refractivity contribution in [2.24, 2.45) is 5.73 Å². The molecule has 1 unspecified atom stereocenters. The Bertz CT molecular complexity index is 709. The van der Waals surface area contributed by atoms with E-state index < -0.39 is 5.91 Å². The van der Waals surface area contributed by atoms with Crippen LogP contribution in [0.3, 0.4) is 0 Å². The zero-order valence-electron chi connectivity index (χ0n) is 12.0. The van der Waals surface area contributed by atoms with E-state index in [1.165, 1.54) is 11.1 Å². The first-order valence-corrected chi connectivity index (χ1v) is 7.10. The standard InChI is InChI=1S/C17H19N3O/c1-10-13(17(19)21)3-2-4-15(10)20-16-8-5-11-9-12(18)6-7-14(11)16/h2-4,6-7,9,16,20H,5,8,18H2,1H3,(H2,19,21). The highest BCUT2D eigenvalue weighted by atomic mass is 16.1. The van der Waals surface area contributed by atoms with Crippen molar-refractivity contribution in [1.82, 2.24) is 0 Å². The number of nitrogen functional groups attached to an aromatic ring is 1. The topological polar surface area (TPSA) is 81.1 Å². The lowest BCUT2D eigenvalue weighted by Gasteiger charge is -2.18. The van der Waals surface area contributed by atoms with Gasteiger partial charge >= 0.3 is 0 Å². The molecular weight excluding hydrogens is 262 g/mol. The van der Waals surface area contributed by atoms with Crippen molar-refractivity contribution in [3.63, 3.8) is 0 Å². The number of primary amides is 1. The third kappa shape index (κ3) is 2.44. The lowest BCUT2D eigenvalue weighted by Crippen LogP contribution is -2.15. The molecule has 0 aromatic heterocycles. The van der Waals surface area contributed by atoms with Crippen molar-refractivity contribution < 1.29 is 4.79 Å². The van der Waals surface area contributed by atoms with Crippen LogP contribution in [-0.4, -0.2) is 5.91 Å². The lowest BCUT2D eigenvalue weighted by molar-refractivity contribution is 0.1000. The van der Waals surface area contributed by atoms with Crippen LogP contribution in [0.15, 0.2) is 36.4 Å². The van der Waals surface area contributed by atoms with Crippen molar-refractivity contribution in [3.05, 3.63) is 58.7 Å². The third-order valence-electron chi connectivity index (χ3n) is 4.17. The number of carbonyl (C=O) groups excluding carboxylic acids is 1. The van der Waals surface area contributed by atoms with E-state index in [1.54, 1.807) is 6.07 Å². The predicted molar refractivity (Wildman–Crippen MR) is 85.2 cm³/mol. The molecular formula is C17H19N3O. The monoisotopic (exact) mass is 281 g/mol. The molecule has 0 fully saturated rings. The number of hydrogen-bond donors (Lipinski definition) is 3. The van der Waals surface area contributed by atoms with Gasteiger partial charge < -0.3 is 16.8 Å². The Hall–Kier alpha value is -2.49. The van der Waals surface area contributed by atoms with Gasteiger partial charge in [-0.1, -0.05) is 12.1 Å². The Morgan fingerprint density at radius 1 is 1.29 bits per heavy atom. The number of hydrogen-bond acceptors (Lipinski definition) is 3. The van der Waals surface area contributed by atoms with Gasteiger partial charge in [-0.25, -0.2) is 0 Å². The van der Waals surface area contributed by atoms with Crippen molar-refractivity contribution >= 4 is 17.3 Å². The maximum atomic E-state index is 11.4. The summed E-state index contributed by atoms with van der Waals surface area (Å²) in [6.07, 6.45) is 2.05. The largest absolute Gasteiger partial charge is 0.399 e. The maximum absolute atomic E-state index is 11.4. The molecule has 4 nitrogen and oxygen atoms in total. The van der Waals surface area contributed by atoms with Gasteiger partial charge in [0.2, 0.25) is 5.91 Å². The molecule has 0 saturated heterocycles. The van der Waals surface area contributed by atoms with Crippen LogP contribution in [0.25, 0.3) is 0 Å². The molecule has 1 amide bonds. The van der Waals surface area contributed by atoms with Gasteiger partial charge in [0, 0.05) is 16.9 Å². The van der Waals surface area contributed by atoms with Crippen LogP contribution in [0, 0.1) is 6.92 Å². The fraction of sp³-hybridized carbons (Fsp3) is 0.235. The van der Waals surface area contributed by atoms with Crippen LogP contribution >= 0.6 is 0 Å². The number of carbonyl (C=O) groups is 1. The second kappa shape index (κ2) is 5.13. The number of nitrogens with two attached hydrogens (primary N) is 2. The molecule has 1 atom stereocenters. The number of rotatable bonds is 3. The molecule has 1 aliphatic carbocycles. The van der Waals surface area contributed by atoms with Crippen LogP contribution < -0.4 is 16.8 Å². The van der Waals surface area contributed by atoms with Gasteiger partial charge in [-0.2, -0.15) is 0 Å². The van der Waals surface area contributed by atoms with Gasteiger partial charge in [0.1, 0.15) is 0 Å². The first-order valence-electron chi connectivity index (χ1n) is 7.10. The van der Waals surface area contributed by atoms with Gasteiger partial charge in [0.15, 0.2) is 0 Å². The summed E-state index contributed by atoms with van der Waals surface area (Å²) < 4.78 is 0. The van der Waals surface area contributed by atoms with Crippen LogP contribution in [-0.2, 0) is 6.42 Å². The summed E-state index contributed by atoms with van der Waals surface area (Å²) in [5.41, 5.74) is 17.1. The summed E-state index contributed by atoms with van der Waals surface area (Å²) in [6.45, 7) is 1.92. The number of amides is 1. The summed E-state index contributed by atoms with van der Waals surface area (Å²) >= 11 is 0. The van der Waals surface area contributed by atoms with E-state index >= 15 is 0 Å². The van der Waals surface area contributed by atoms with Gasteiger partial charge in [-0.05, 0) is 60.7 Å². The first kappa shape index (κ1) is 13.5. The van der Waals surface area contributed by atoms with Gasteiger partial charge in [-0.3, -0.25) is 4.79 Å². The average Bonchev–Trinajstić information content (AvgIpc) is 2.83. The highest BCUT2D eigenvalue weighted by Crippen LogP contribution is 2.35. The Kier molecular flexibility index (Phi) is 3.29. The molecule has 0 saturated carbocycles. The summed E-state index contributed by atoms with van der Waals surface area (Å²) in [7, 11) is 0. The molecule has 0 heterocycles. The molecule has 3 rings (SSSR count). The van der Waals surface area contributed by atoms with Crippen LogP contribution in [0.4, 0.5) is 11.4 Å². The number of benzene rings is 2. The van der Waals surface area contributed by atoms with Crippen LogP contribution in [0.1, 0.15) is 39.5 Å². The maximum Gasteiger partial charge on any atom is 0.249 e. The Labute approximate surface area is 124 Å². The minimum Gasteiger partial charge on any atom is -0.399 e. The van der Waals surface area contributed by atoms with E-state index in [4.69, 9.17) is 11.5 Å². The van der Waals surface area contributed by atoms with Gasteiger partial charge in [-0.15, -0.1) is 0 Å². The zero-order valence-corrected chi connectivity index (χ0v) is 12.0. The van der Waals surface area contributed by atoms with E-state index in [9.17, 15) is 4.79 Å². The normalized spacial score (nSPS) is 16.5. The Balaban J connectivity index is 1.90. The van der Waals surface area contributed by atoms with Crippen LogP contribution in [0.5, 0.6) is 0 Å². The smallest absolute Gasteiger partial charge is 0.249 e. The molecule has 5 N–H and O–H groups in total. The van der Waals surface area contributed by atoms with E-state index in [2.05, 4.69) is 11.4 Å². The molecule has 2 aromatic rings. The number of anilines is 2. The van der Waals surface area contributed by atoms with E-state index in [0.29, 0.717) is 5.56 Å². The molecule has 0 spiro atoms. The van der Waals surface area contributed by atoms with Crippen molar-refractivity contribution in [2.45, 2.75) is 25.8 Å². The second-order valence-corrected chi connectivity index (χ2v) is 5.54. The summed E-state index contributed by atoms with van der Waals surface area (Å²) in [4.78, 5) is 11.4. The first-order chi connectivity index (χ1) is 10.1. The number of nitrogens with one attached hydrogen (secondary N) is 1. The van der Waals surface area contributed by atoms with E-state index in [-0.39, 0.29) is 6.04 Å². The molecule has 21 heavy (non-hydrogen) atoms. The summed E-state index contributed by atoms with van der Waals surface area (Å²) in [5, 5.41) is 3.53. The molecule has 108 valence electrons. The molecule has 0 radical (unpaired) electrons. The highest BCUT2D eigenvalue weighted by molar-refractivity contribution is 5.95. The zero-order chi connectivity index (χ0) is 15.0. The summed E-state index contributed by atoms with van der Waals surface area (Å²) in [6, 6.07) is 11.9. The Morgan fingerprint density at radius 2 is 2.10 bits per heavy atom. The fourth-order valence-corrected chi connectivity index (χ4v) is 3.03. The van der Waals surface area contributed by atoms with E-state index in [1.807, 2.05) is 31.2 Å². The van der Waals surface area contributed by atoms with Crippen molar-refractivity contribution in [3.8, 4) is 0 Å². The minimum absolute atomic E-state index is 0.252. The Morgan fingerprint density at radius 3 is 2.86 bits per heavy atom. The molecule has 4 heteroatoms. The van der Waals surface area contributed by atoms with Crippen LogP contribution in [0.2, 0.25) is 0 Å². The quantitative estimate of drug-likeness (QED) is 0.757. The third-order valence-corrected chi connectivity index (χ3v) is 4.17. The van der Waals surface area contributed by atoms with Crippen molar-refractivity contribution in [2.75, 3.05) is 11.1 Å².